The van der Waals surface area contributed by atoms with Gasteiger partial charge in [-0.3, -0.25) is 9.59 Å². The molecule has 1 unspecified atom stereocenters. The fraction of sp³-hybridized carbons (Fsp3) is 0.750. The number of carboxylic acids is 1. The Morgan fingerprint density at radius 3 is 2.26 bits per heavy atom. The van der Waals surface area contributed by atoms with Gasteiger partial charge >= 0.3 is 12.0 Å². The molecular weight excluding hydrogens is 250 g/mol. The van der Waals surface area contributed by atoms with Crippen LogP contribution < -0.4 is 5.32 Å². The van der Waals surface area contributed by atoms with Crippen LogP contribution >= 0.6 is 0 Å². The Bertz CT molecular complexity index is 331. The number of carbonyl (C=O) groups excluding carboxylic acids is 2. The maximum atomic E-state index is 11.9. The topological polar surface area (TPSA) is 90.0 Å². The van der Waals surface area contributed by atoms with Crippen LogP contribution in [-0.4, -0.2) is 66.0 Å². The van der Waals surface area contributed by atoms with Crippen molar-refractivity contribution >= 4 is 17.9 Å². The number of nitrogens with one attached hydrogen (secondary N) is 1. The van der Waals surface area contributed by atoms with Gasteiger partial charge in [0.2, 0.25) is 5.91 Å². The van der Waals surface area contributed by atoms with Gasteiger partial charge in [0.25, 0.3) is 0 Å². The number of urea groups is 1. The van der Waals surface area contributed by atoms with Crippen molar-refractivity contribution in [3.8, 4) is 0 Å². The average molecular weight is 273 g/mol. The number of hydrogen-bond acceptors (Lipinski definition) is 3. The summed E-state index contributed by atoms with van der Waals surface area (Å²) >= 11 is 0. The highest BCUT2D eigenvalue weighted by atomic mass is 16.4. The third-order valence-corrected chi connectivity index (χ3v) is 2.46. The summed E-state index contributed by atoms with van der Waals surface area (Å²) in [4.78, 5) is 36.9. The van der Waals surface area contributed by atoms with Gasteiger partial charge in [-0.15, -0.1) is 0 Å². The van der Waals surface area contributed by atoms with Crippen molar-refractivity contribution in [1.82, 2.24) is 15.1 Å². The van der Waals surface area contributed by atoms with Crippen molar-refractivity contribution < 1.29 is 19.5 Å². The van der Waals surface area contributed by atoms with E-state index in [1.54, 1.807) is 21.0 Å². The molecule has 0 aromatic heterocycles. The van der Waals surface area contributed by atoms with Gasteiger partial charge in [-0.25, -0.2) is 4.79 Å². The van der Waals surface area contributed by atoms with E-state index >= 15 is 0 Å². The lowest BCUT2D eigenvalue weighted by Gasteiger charge is -2.25. The lowest BCUT2D eigenvalue weighted by molar-refractivity contribution is -0.137. The summed E-state index contributed by atoms with van der Waals surface area (Å²) in [7, 11) is 3.24. The van der Waals surface area contributed by atoms with Gasteiger partial charge in [0.15, 0.2) is 0 Å². The van der Waals surface area contributed by atoms with E-state index in [-0.39, 0.29) is 18.9 Å². The minimum absolute atomic E-state index is 0.00748. The van der Waals surface area contributed by atoms with E-state index in [4.69, 9.17) is 5.11 Å². The highest BCUT2D eigenvalue weighted by Gasteiger charge is 2.19. The fourth-order valence-corrected chi connectivity index (χ4v) is 1.44. The van der Waals surface area contributed by atoms with E-state index in [0.717, 1.165) is 6.42 Å². The van der Waals surface area contributed by atoms with E-state index in [9.17, 15) is 14.4 Å². The van der Waals surface area contributed by atoms with Gasteiger partial charge in [0.05, 0.1) is 6.42 Å². The molecule has 0 aliphatic carbocycles. The number of amides is 3. The van der Waals surface area contributed by atoms with Crippen LogP contribution in [0.3, 0.4) is 0 Å². The quantitative estimate of drug-likeness (QED) is 0.700. The second-order valence-electron chi connectivity index (χ2n) is 4.66. The summed E-state index contributed by atoms with van der Waals surface area (Å²) in [5.74, 6) is -1.14. The number of nitrogens with zero attached hydrogens (tertiary/aromatic N) is 2. The molecule has 0 aliphatic heterocycles. The average Bonchev–Trinajstić information content (AvgIpc) is 2.26. The molecule has 0 saturated heterocycles. The third-order valence-electron chi connectivity index (χ3n) is 2.46. The van der Waals surface area contributed by atoms with Gasteiger partial charge in [-0.05, 0) is 13.3 Å². The normalized spacial score (nSPS) is 11.6. The Kier molecular flexibility index (Phi) is 7.55. The van der Waals surface area contributed by atoms with Crippen LogP contribution in [0.1, 0.15) is 26.7 Å². The first-order chi connectivity index (χ1) is 8.77. The molecule has 0 rings (SSSR count). The molecule has 0 bridgehead atoms. The summed E-state index contributed by atoms with van der Waals surface area (Å²) in [6.07, 6.45) is 0.578. The predicted molar refractivity (Wildman–Crippen MR) is 70.8 cm³/mol. The number of rotatable bonds is 7. The van der Waals surface area contributed by atoms with Crippen LogP contribution in [0, 0.1) is 0 Å². The molecule has 0 heterocycles. The van der Waals surface area contributed by atoms with Crippen molar-refractivity contribution in [1.29, 1.82) is 0 Å². The van der Waals surface area contributed by atoms with E-state index in [1.807, 2.05) is 6.92 Å². The van der Waals surface area contributed by atoms with Crippen molar-refractivity contribution in [3.05, 3.63) is 0 Å². The van der Waals surface area contributed by atoms with Gasteiger partial charge in [-0.2, -0.15) is 0 Å². The number of aliphatic carboxylic acids is 1. The second-order valence-corrected chi connectivity index (χ2v) is 4.66. The number of likely N-dealkylation sites (N-methyl/N-ethyl adjacent to an activating group) is 1. The van der Waals surface area contributed by atoms with Crippen LogP contribution in [-0.2, 0) is 9.59 Å². The zero-order valence-electron chi connectivity index (χ0n) is 12.0. The maximum Gasteiger partial charge on any atom is 0.318 e. The molecule has 0 saturated carbocycles. The minimum atomic E-state index is -0.973. The van der Waals surface area contributed by atoms with Crippen molar-refractivity contribution in [2.24, 2.45) is 0 Å². The molecule has 0 aliphatic rings. The molecule has 110 valence electrons. The molecular formula is C12H23N3O4. The molecule has 3 amide bonds. The molecule has 19 heavy (non-hydrogen) atoms. The van der Waals surface area contributed by atoms with E-state index in [1.165, 1.54) is 9.80 Å². The van der Waals surface area contributed by atoms with Crippen LogP contribution in [0.25, 0.3) is 0 Å². The first kappa shape index (κ1) is 17.2. The Morgan fingerprint density at radius 1 is 1.26 bits per heavy atom. The molecule has 0 fully saturated rings. The van der Waals surface area contributed by atoms with E-state index < -0.39 is 18.0 Å². The molecule has 0 spiro atoms. The predicted octanol–water partition coefficient (Wildman–Crippen LogP) is 0.359. The second kappa shape index (κ2) is 8.34. The number of carboxylic acid groups (broad SMARTS) is 1. The maximum absolute atomic E-state index is 11.9. The summed E-state index contributed by atoms with van der Waals surface area (Å²) in [6.45, 7) is 3.96. The Hall–Kier alpha value is -1.79. The lowest BCUT2D eigenvalue weighted by atomic mass is 10.2. The summed E-state index contributed by atoms with van der Waals surface area (Å²) in [6, 6.07) is -0.885. The van der Waals surface area contributed by atoms with Gasteiger partial charge in [0, 0.05) is 26.7 Å². The SMILES string of the molecule is CCCN(CC(=O)N(C)C)C(=O)NC(C)CC(=O)O. The van der Waals surface area contributed by atoms with Crippen molar-refractivity contribution in [2.75, 3.05) is 27.2 Å². The Balaban J connectivity index is 4.48. The standard InChI is InChI=1S/C12H23N3O4/c1-5-6-15(8-10(16)14(3)4)12(19)13-9(2)7-11(17)18/h9H,5-8H2,1-4H3,(H,13,19)(H,17,18). The van der Waals surface area contributed by atoms with Gasteiger partial charge in [0.1, 0.15) is 6.54 Å². The Morgan fingerprint density at radius 2 is 1.84 bits per heavy atom. The smallest absolute Gasteiger partial charge is 0.318 e. The minimum Gasteiger partial charge on any atom is -0.481 e. The molecule has 1 atom stereocenters. The first-order valence-corrected chi connectivity index (χ1v) is 6.25. The molecule has 7 nitrogen and oxygen atoms in total. The number of hydrogen-bond donors (Lipinski definition) is 2. The summed E-state index contributed by atoms with van der Waals surface area (Å²) in [5.41, 5.74) is 0. The van der Waals surface area contributed by atoms with Crippen LogP contribution in [0.4, 0.5) is 4.79 Å². The first-order valence-electron chi connectivity index (χ1n) is 6.25. The zero-order valence-corrected chi connectivity index (χ0v) is 12.0. The fourth-order valence-electron chi connectivity index (χ4n) is 1.44. The van der Waals surface area contributed by atoms with E-state index in [0.29, 0.717) is 6.54 Å². The summed E-state index contributed by atoms with van der Waals surface area (Å²) < 4.78 is 0. The lowest BCUT2D eigenvalue weighted by Crippen LogP contribution is -2.48. The molecule has 7 heteroatoms. The molecule has 0 aromatic rings. The molecule has 2 N–H and O–H groups in total. The van der Waals surface area contributed by atoms with Crippen LogP contribution in [0.2, 0.25) is 0 Å². The van der Waals surface area contributed by atoms with Crippen molar-refractivity contribution in [2.45, 2.75) is 32.7 Å². The highest BCUT2D eigenvalue weighted by molar-refractivity contribution is 5.84. The third kappa shape index (κ3) is 7.28. The highest BCUT2D eigenvalue weighted by Crippen LogP contribution is 1.98. The van der Waals surface area contributed by atoms with Crippen LogP contribution in [0.15, 0.2) is 0 Å². The van der Waals surface area contributed by atoms with Crippen LogP contribution in [0.5, 0.6) is 0 Å². The number of carbonyl (C=O) groups is 3. The van der Waals surface area contributed by atoms with Crippen molar-refractivity contribution in [3.63, 3.8) is 0 Å². The van der Waals surface area contributed by atoms with E-state index in [2.05, 4.69) is 5.32 Å². The zero-order chi connectivity index (χ0) is 15.0. The largest absolute Gasteiger partial charge is 0.481 e. The Labute approximate surface area is 113 Å². The summed E-state index contributed by atoms with van der Waals surface area (Å²) in [5, 5.41) is 11.2. The molecule has 0 aromatic carbocycles. The van der Waals surface area contributed by atoms with Gasteiger partial charge in [-0.1, -0.05) is 6.92 Å². The molecule has 0 radical (unpaired) electrons. The monoisotopic (exact) mass is 273 g/mol. The van der Waals surface area contributed by atoms with Gasteiger partial charge < -0.3 is 20.2 Å².